The second kappa shape index (κ2) is 8.37. The Morgan fingerprint density at radius 2 is 1.32 bits per heavy atom. The van der Waals surface area contributed by atoms with Crippen LogP contribution in [0, 0.1) is 21.3 Å². The Morgan fingerprint density at radius 1 is 0.880 bits per heavy atom. The molecule has 2 aliphatic rings. The molecular weight excluding hydrogens is 316 g/mol. The standard InChI is InChI=1S/C14H28N2O2.C6H4O/c1-13(2,3)9-7-11(17)15-16-12(18)8-10-14(4,5)6;7-6-3-4-1-2-5(4)6/h7-10H2,1-6H3,(H,15,17)(H,16,18);1-3,7H. The van der Waals surface area contributed by atoms with Crippen molar-refractivity contribution in [1.82, 2.24) is 10.9 Å². The fraction of sp³-hybridized carbons (Fsp3) is 0.600. The van der Waals surface area contributed by atoms with E-state index in [0.717, 1.165) is 18.1 Å². The molecule has 0 fully saturated rings. The van der Waals surface area contributed by atoms with Gasteiger partial charge in [0.25, 0.3) is 0 Å². The molecule has 3 N–H and O–H groups in total. The molecule has 0 aliphatic heterocycles. The normalized spacial score (nSPS) is 11.9. The molecule has 0 heterocycles. The number of hydrogen-bond acceptors (Lipinski definition) is 3. The molecule has 0 atom stereocenters. The number of amides is 2. The Morgan fingerprint density at radius 3 is 1.48 bits per heavy atom. The predicted octanol–water partition coefficient (Wildman–Crippen LogP) is 3.78. The molecule has 2 rings (SSSR count). The Bertz CT molecular complexity index is 667. The Balaban J connectivity index is 0.000000359. The first-order valence-corrected chi connectivity index (χ1v) is 8.78. The maximum Gasteiger partial charge on any atom is 0.238 e. The van der Waals surface area contributed by atoms with Crippen molar-refractivity contribution in [3.05, 3.63) is 28.6 Å². The minimum Gasteiger partial charge on any atom is -0.507 e. The first kappa shape index (κ1) is 21.0. The largest absolute Gasteiger partial charge is 0.507 e. The lowest BCUT2D eigenvalue weighted by atomic mass is 9.90. The summed E-state index contributed by atoms with van der Waals surface area (Å²) in [5, 5.41) is 10.9. The number of rotatable bonds is 4. The van der Waals surface area contributed by atoms with E-state index in [2.05, 4.69) is 52.4 Å². The van der Waals surface area contributed by atoms with Crippen LogP contribution in [0.3, 0.4) is 0 Å². The van der Waals surface area contributed by atoms with E-state index in [1.165, 1.54) is 5.22 Å². The maximum absolute atomic E-state index is 11.5. The van der Waals surface area contributed by atoms with Gasteiger partial charge in [-0.25, -0.2) is 0 Å². The lowest BCUT2D eigenvalue weighted by molar-refractivity contribution is -0.129. The van der Waals surface area contributed by atoms with E-state index in [4.69, 9.17) is 5.11 Å². The van der Waals surface area contributed by atoms with Crippen LogP contribution in [0.5, 0.6) is 5.75 Å². The second-order valence-electron chi connectivity index (χ2n) is 8.95. The number of carbonyl (C=O) groups excluding carboxylic acids is 2. The highest BCUT2D eigenvalue weighted by Gasteiger charge is 2.15. The van der Waals surface area contributed by atoms with Gasteiger partial charge in [-0.3, -0.25) is 20.4 Å². The third kappa shape index (κ3) is 8.57. The summed E-state index contributed by atoms with van der Waals surface area (Å²) in [5.41, 5.74) is 5.17. The molecule has 0 saturated heterocycles. The molecule has 0 radical (unpaired) electrons. The average Bonchev–Trinajstić information content (AvgIpc) is 2.45. The third-order valence-corrected chi connectivity index (χ3v) is 3.85. The molecule has 0 spiro atoms. The van der Waals surface area contributed by atoms with E-state index in [0.29, 0.717) is 18.6 Å². The number of carbonyl (C=O) groups is 2. The summed E-state index contributed by atoms with van der Waals surface area (Å²) in [6, 6.07) is 5.65. The Kier molecular flexibility index (Phi) is 7.03. The molecule has 5 heteroatoms. The van der Waals surface area contributed by atoms with Crippen molar-refractivity contribution < 1.29 is 14.7 Å². The highest BCUT2D eigenvalue weighted by molar-refractivity contribution is 5.81. The molecule has 140 valence electrons. The summed E-state index contributed by atoms with van der Waals surface area (Å²) in [4.78, 5) is 22.9. The predicted molar refractivity (Wildman–Crippen MR) is 99.4 cm³/mol. The molecule has 0 unspecified atom stereocenters. The van der Waals surface area contributed by atoms with E-state index in [-0.39, 0.29) is 22.6 Å². The van der Waals surface area contributed by atoms with Gasteiger partial charge in [-0.05, 0) is 35.0 Å². The molecule has 0 saturated carbocycles. The van der Waals surface area contributed by atoms with Gasteiger partial charge in [0.05, 0.1) is 0 Å². The van der Waals surface area contributed by atoms with E-state index >= 15 is 0 Å². The van der Waals surface area contributed by atoms with Crippen LogP contribution in [0.1, 0.15) is 67.2 Å². The van der Waals surface area contributed by atoms with E-state index < -0.39 is 0 Å². The molecule has 0 aromatic heterocycles. The van der Waals surface area contributed by atoms with Gasteiger partial charge >= 0.3 is 0 Å². The van der Waals surface area contributed by atoms with Crippen molar-refractivity contribution in [2.24, 2.45) is 10.8 Å². The van der Waals surface area contributed by atoms with E-state index in [9.17, 15) is 9.59 Å². The van der Waals surface area contributed by atoms with Crippen molar-refractivity contribution in [2.45, 2.75) is 67.2 Å². The van der Waals surface area contributed by atoms with Crippen LogP contribution in [0.2, 0.25) is 0 Å². The summed E-state index contributed by atoms with van der Waals surface area (Å²) in [7, 11) is 0. The van der Waals surface area contributed by atoms with Crippen LogP contribution in [-0.2, 0) is 9.59 Å². The number of benzene rings is 1. The van der Waals surface area contributed by atoms with Crippen LogP contribution >= 0.6 is 0 Å². The second-order valence-corrected chi connectivity index (χ2v) is 8.95. The molecule has 2 aliphatic carbocycles. The number of nitrogens with one attached hydrogen (secondary N) is 2. The zero-order valence-corrected chi connectivity index (χ0v) is 16.3. The lowest BCUT2D eigenvalue weighted by Crippen LogP contribution is -2.42. The minimum absolute atomic E-state index is 0.131. The van der Waals surface area contributed by atoms with Crippen LogP contribution < -0.4 is 10.9 Å². The van der Waals surface area contributed by atoms with E-state index in [1.54, 1.807) is 6.07 Å². The number of hydrazine groups is 1. The number of phenols is 1. The topological polar surface area (TPSA) is 78.4 Å². The zero-order valence-electron chi connectivity index (χ0n) is 16.3. The zero-order chi connectivity index (χ0) is 19.3. The highest BCUT2D eigenvalue weighted by Crippen LogP contribution is 2.21. The quantitative estimate of drug-likeness (QED) is 0.736. The fourth-order valence-electron chi connectivity index (χ4n) is 2.01. The first-order chi connectivity index (χ1) is 11.4. The number of phenolic OH excluding ortho intramolecular Hbond substituents is 1. The van der Waals surface area contributed by atoms with Crippen molar-refractivity contribution in [3.8, 4) is 5.75 Å². The van der Waals surface area contributed by atoms with Gasteiger partial charge in [-0.1, -0.05) is 53.7 Å². The molecule has 5 nitrogen and oxygen atoms in total. The summed E-state index contributed by atoms with van der Waals surface area (Å²) in [6.07, 6.45) is 2.47. The summed E-state index contributed by atoms with van der Waals surface area (Å²) >= 11 is 0. The Hall–Kier alpha value is -2.04. The molecule has 25 heavy (non-hydrogen) atoms. The van der Waals surface area contributed by atoms with Crippen LogP contribution in [0.15, 0.2) is 18.2 Å². The third-order valence-electron chi connectivity index (χ3n) is 3.85. The van der Waals surface area contributed by atoms with Crippen molar-refractivity contribution in [2.75, 3.05) is 0 Å². The van der Waals surface area contributed by atoms with Gasteiger partial charge in [0.1, 0.15) is 5.75 Å². The average molecular weight is 348 g/mol. The lowest BCUT2D eigenvalue weighted by Gasteiger charge is -2.18. The van der Waals surface area contributed by atoms with Gasteiger partial charge < -0.3 is 5.11 Å². The van der Waals surface area contributed by atoms with Gasteiger partial charge in [0, 0.05) is 18.1 Å². The van der Waals surface area contributed by atoms with Gasteiger partial charge in [-0.2, -0.15) is 0 Å². The van der Waals surface area contributed by atoms with Crippen molar-refractivity contribution in [1.29, 1.82) is 0 Å². The van der Waals surface area contributed by atoms with Crippen molar-refractivity contribution in [3.63, 3.8) is 0 Å². The molecule has 2 amide bonds. The molecule has 0 bridgehead atoms. The molecule has 0 aromatic carbocycles. The first-order valence-electron chi connectivity index (χ1n) is 8.78. The molecular formula is C20H32N2O3. The number of aromatic hydroxyl groups is 1. The monoisotopic (exact) mass is 348 g/mol. The van der Waals surface area contributed by atoms with Crippen molar-refractivity contribution >= 4 is 11.8 Å². The van der Waals surface area contributed by atoms with Gasteiger partial charge in [0.2, 0.25) is 11.8 Å². The number of hydrogen-bond donors (Lipinski definition) is 3. The van der Waals surface area contributed by atoms with Gasteiger partial charge in [-0.15, -0.1) is 0 Å². The smallest absolute Gasteiger partial charge is 0.238 e. The van der Waals surface area contributed by atoms with Gasteiger partial charge in [0.15, 0.2) is 0 Å². The highest BCUT2D eigenvalue weighted by atomic mass is 16.3. The van der Waals surface area contributed by atoms with Crippen LogP contribution in [-0.4, -0.2) is 16.9 Å². The summed E-state index contributed by atoms with van der Waals surface area (Å²) in [6.45, 7) is 12.5. The Labute approximate surface area is 150 Å². The fourth-order valence-corrected chi connectivity index (χ4v) is 2.01. The SMILES string of the molecule is CC(C)(C)CCC(=O)NNC(=O)CCC(C)(C)C.Oc1cc2ccc1=2. The van der Waals surface area contributed by atoms with Crippen LogP contribution in [0.4, 0.5) is 0 Å². The summed E-state index contributed by atoms with van der Waals surface area (Å²) < 4.78 is 0. The maximum atomic E-state index is 11.5. The van der Waals surface area contributed by atoms with E-state index in [1.807, 2.05) is 12.1 Å². The molecule has 0 aromatic rings. The van der Waals surface area contributed by atoms with Crippen LogP contribution in [0.25, 0.3) is 0 Å². The minimum atomic E-state index is -0.131. The summed E-state index contributed by atoms with van der Waals surface area (Å²) in [5.74, 6) is 0.181.